The molecule has 236 valence electrons. The summed E-state index contributed by atoms with van der Waals surface area (Å²) in [6, 6.07) is 8.34. The summed E-state index contributed by atoms with van der Waals surface area (Å²) in [5, 5.41) is 14.9. The third-order valence-corrected chi connectivity index (χ3v) is 7.14. The van der Waals surface area contributed by atoms with Crippen LogP contribution in [0.4, 0.5) is 15.4 Å². The maximum atomic E-state index is 13.1. The molecule has 2 heterocycles. The van der Waals surface area contributed by atoms with Gasteiger partial charge in [-0.05, 0) is 75.6 Å². The second kappa shape index (κ2) is 14.5. The van der Waals surface area contributed by atoms with Gasteiger partial charge in [-0.15, -0.1) is 0 Å². The Labute approximate surface area is 253 Å². The smallest absolute Gasteiger partial charge is 0.407 e. The van der Waals surface area contributed by atoms with E-state index >= 15 is 0 Å². The number of nitrogens with one attached hydrogen (secondary N) is 2. The highest BCUT2D eigenvalue weighted by Crippen LogP contribution is 2.21. The first-order chi connectivity index (χ1) is 20.1. The van der Waals surface area contributed by atoms with Crippen LogP contribution in [0.5, 0.6) is 0 Å². The van der Waals surface area contributed by atoms with Gasteiger partial charge < -0.3 is 25.0 Å². The fourth-order valence-electron chi connectivity index (χ4n) is 4.77. The lowest BCUT2D eigenvalue weighted by molar-refractivity contribution is -0.138. The average Bonchev–Trinajstić information content (AvgIpc) is 2.92. The molecular weight excluding hydrogens is 552 g/mol. The van der Waals surface area contributed by atoms with E-state index in [9.17, 15) is 24.3 Å². The molecule has 3 N–H and O–H groups in total. The van der Waals surface area contributed by atoms with Crippen molar-refractivity contribution in [3.8, 4) is 5.69 Å². The van der Waals surface area contributed by atoms with E-state index < -0.39 is 29.5 Å². The van der Waals surface area contributed by atoms with Gasteiger partial charge in [-0.3, -0.25) is 14.7 Å². The molecule has 1 aromatic heterocycles. The van der Waals surface area contributed by atoms with Crippen molar-refractivity contribution in [2.24, 2.45) is 5.41 Å². The number of benzene rings is 1. The Bertz CT molecular complexity index is 1310. The number of hydrogen-bond acceptors (Lipinski definition) is 7. The maximum Gasteiger partial charge on any atom is 0.407 e. The topological polar surface area (TPSA) is 146 Å². The second-order valence-corrected chi connectivity index (χ2v) is 12.8. The number of unbranched alkanes of at least 4 members (excludes halogenated alkanes) is 1. The third kappa shape index (κ3) is 10.4. The highest BCUT2D eigenvalue weighted by atomic mass is 16.5. The van der Waals surface area contributed by atoms with Crippen LogP contribution in [0.3, 0.4) is 0 Å². The maximum absolute atomic E-state index is 13.1. The number of carbonyl (C=O) groups is 3. The van der Waals surface area contributed by atoms with Crippen LogP contribution >= 0.6 is 0 Å². The second-order valence-electron chi connectivity index (χ2n) is 12.8. The van der Waals surface area contributed by atoms with Gasteiger partial charge in [0.15, 0.2) is 0 Å². The quantitative estimate of drug-likeness (QED) is 0.355. The Hall–Kier alpha value is -3.93. The Morgan fingerprint density at radius 3 is 2.19 bits per heavy atom. The third-order valence-electron chi connectivity index (χ3n) is 7.14. The molecule has 4 amide bonds. The fourth-order valence-corrected chi connectivity index (χ4v) is 4.77. The van der Waals surface area contributed by atoms with Crippen molar-refractivity contribution >= 4 is 23.8 Å². The van der Waals surface area contributed by atoms with Crippen molar-refractivity contribution in [2.45, 2.75) is 78.9 Å². The monoisotopic (exact) mass is 598 g/mol. The molecule has 1 atom stereocenters. The summed E-state index contributed by atoms with van der Waals surface area (Å²) in [4.78, 5) is 58.1. The van der Waals surface area contributed by atoms with E-state index in [-0.39, 0.29) is 30.2 Å². The van der Waals surface area contributed by atoms with Crippen LogP contribution in [0.15, 0.2) is 41.3 Å². The lowest BCUT2D eigenvalue weighted by Crippen LogP contribution is -2.60. The van der Waals surface area contributed by atoms with Crippen LogP contribution < -0.4 is 16.3 Å². The number of ether oxygens (including phenoxy) is 1. The summed E-state index contributed by atoms with van der Waals surface area (Å²) in [6.45, 7) is 12.9. The molecule has 3 rings (SSSR count). The van der Waals surface area contributed by atoms with Crippen molar-refractivity contribution in [1.29, 1.82) is 0 Å². The van der Waals surface area contributed by atoms with Crippen molar-refractivity contribution in [1.82, 2.24) is 24.7 Å². The van der Waals surface area contributed by atoms with Crippen LogP contribution in [0.2, 0.25) is 0 Å². The molecule has 1 aliphatic heterocycles. The fraction of sp³-hybridized carbons (Fsp3) is 0.581. The SMILES string of the molecule is CC(O)Cc1ccc(-n2ccc(NC(=O)N3CCN(C(=O)C(C)(C)NC(=O)OCCCCC(C)(C)C)CC3)nc2=O)cc1. The zero-order chi connectivity index (χ0) is 31.8. The minimum Gasteiger partial charge on any atom is -0.450 e. The summed E-state index contributed by atoms with van der Waals surface area (Å²) < 4.78 is 6.64. The van der Waals surface area contributed by atoms with Gasteiger partial charge in [-0.25, -0.2) is 14.4 Å². The van der Waals surface area contributed by atoms with Gasteiger partial charge in [-0.2, -0.15) is 4.98 Å². The van der Waals surface area contributed by atoms with E-state index in [1.807, 2.05) is 12.1 Å². The lowest BCUT2D eigenvalue weighted by atomic mass is 9.90. The van der Waals surface area contributed by atoms with Gasteiger partial charge in [0.25, 0.3) is 0 Å². The number of aromatic nitrogens is 2. The van der Waals surface area contributed by atoms with Crippen molar-refractivity contribution < 1.29 is 24.2 Å². The number of anilines is 1. The molecule has 43 heavy (non-hydrogen) atoms. The zero-order valence-electron chi connectivity index (χ0n) is 26.2. The summed E-state index contributed by atoms with van der Waals surface area (Å²) in [5.41, 5.74) is 0.0868. The predicted molar refractivity (Wildman–Crippen MR) is 164 cm³/mol. The molecule has 0 radical (unpaired) electrons. The molecular formula is C31H46N6O6. The highest BCUT2D eigenvalue weighted by Gasteiger charge is 2.36. The summed E-state index contributed by atoms with van der Waals surface area (Å²) in [7, 11) is 0. The van der Waals surface area contributed by atoms with E-state index in [4.69, 9.17) is 4.74 Å². The van der Waals surface area contributed by atoms with Crippen molar-refractivity contribution in [3.63, 3.8) is 0 Å². The van der Waals surface area contributed by atoms with Crippen LogP contribution in [0.1, 0.15) is 66.4 Å². The Kier molecular flexibility index (Phi) is 11.3. The molecule has 12 nitrogen and oxygen atoms in total. The number of aliphatic hydroxyl groups excluding tert-OH is 1. The number of nitrogens with zero attached hydrogens (tertiary/aromatic N) is 4. The van der Waals surface area contributed by atoms with Crippen molar-refractivity contribution in [2.75, 3.05) is 38.1 Å². The van der Waals surface area contributed by atoms with Crippen LogP contribution in [-0.4, -0.2) is 86.9 Å². The van der Waals surface area contributed by atoms with E-state index in [0.717, 1.165) is 24.8 Å². The zero-order valence-corrected chi connectivity index (χ0v) is 26.2. The van der Waals surface area contributed by atoms with Crippen LogP contribution in [-0.2, 0) is 16.0 Å². The number of urea groups is 1. The number of carbonyl (C=O) groups excluding carboxylic acids is 3. The Balaban J connectivity index is 1.46. The predicted octanol–water partition coefficient (Wildman–Crippen LogP) is 3.55. The number of aliphatic hydroxyl groups is 1. The van der Waals surface area contributed by atoms with E-state index in [1.54, 1.807) is 48.8 Å². The van der Waals surface area contributed by atoms with Gasteiger partial charge in [0.05, 0.1) is 18.4 Å². The minimum absolute atomic E-state index is 0.123. The first-order valence-electron chi connectivity index (χ1n) is 14.8. The molecule has 1 aromatic carbocycles. The minimum atomic E-state index is -1.17. The number of piperazine rings is 1. The van der Waals surface area contributed by atoms with Gasteiger partial charge in [-0.1, -0.05) is 32.9 Å². The molecule has 12 heteroatoms. The van der Waals surface area contributed by atoms with Crippen molar-refractivity contribution in [3.05, 3.63) is 52.6 Å². The Morgan fingerprint density at radius 1 is 0.977 bits per heavy atom. The van der Waals surface area contributed by atoms with E-state index in [0.29, 0.717) is 31.8 Å². The molecule has 2 aromatic rings. The van der Waals surface area contributed by atoms with Crippen LogP contribution in [0, 0.1) is 5.41 Å². The largest absolute Gasteiger partial charge is 0.450 e. The summed E-state index contributed by atoms with van der Waals surface area (Å²) in [5.74, 6) is -0.140. The van der Waals surface area contributed by atoms with Gasteiger partial charge >= 0.3 is 17.8 Å². The molecule has 1 saturated heterocycles. The summed E-state index contributed by atoms with van der Waals surface area (Å²) in [6.07, 6.45) is 3.72. The molecule has 0 bridgehead atoms. The first-order valence-corrected chi connectivity index (χ1v) is 14.8. The number of hydrogen-bond donors (Lipinski definition) is 3. The normalized spacial score (nSPS) is 14.7. The number of alkyl carbamates (subject to hydrolysis) is 1. The van der Waals surface area contributed by atoms with Gasteiger partial charge in [0.1, 0.15) is 11.4 Å². The van der Waals surface area contributed by atoms with E-state index in [2.05, 4.69) is 36.4 Å². The lowest BCUT2D eigenvalue weighted by Gasteiger charge is -2.38. The van der Waals surface area contributed by atoms with E-state index in [1.165, 1.54) is 10.8 Å². The molecule has 1 fully saturated rings. The molecule has 0 aliphatic carbocycles. The number of amides is 4. The van der Waals surface area contributed by atoms with Gasteiger partial charge in [0.2, 0.25) is 5.91 Å². The molecule has 0 spiro atoms. The number of rotatable bonds is 10. The van der Waals surface area contributed by atoms with Crippen LogP contribution in [0.25, 0.3) is 5.69 Å². The average molecular weight is 599 g/mol. The molecule has 0 saturated carbocycles. The highest BCUT2D eigenvalue weighted by molar-refractivity contribution is 5.90. The summed E-state index contributed by atoms with van der Waals surface area (Å²) >= 11 is 0. The molecule has 1 unspecified atom stereocenters. The molecule has 1 aliphatic rings. The van der Waals surface area contributed by atoms with Gasteiger partial charge in [0, 0.05) is 32.4 Å². The Morgan fingerprint density at radius 2 is 1.60 bits per heavy atom. The standard InChI is InChI=1S/C31H46N6O6/c1-22(38)21-23-9-11-24(12-10-23)37-15-13-25(33-28(37)41)32-27(40)36-18-16-35(17-19-36)26(39)31(5,6)34-29(42)43-20-8-7-14-30(2,3)4/h9-13,15,22,38H,7-8,14,16-21H2,1-6H3,(H,34,42)(H,32,33,40,41). The first kappa shape index (κ1) is 33.6.